The predicted octanol–water partition coefficient (Wildman–Crippen LogP) is 9.49. The van der Waals surface area contributed by atoms with Gasteiger partial charge in [-0.05, 0) is 116 Å². The molecule has 1 amide bonds. The van der Waals surface area contributed by atoms with Gasteiger partial charge in [0, 0.05) is 90.9 Å². The monoisotopic (exact) mass is 1100 g/mol. The molecular weight excluding hydrogens is 1030 g/mol. The van der Waals surface area contributed by atoms with Crippen molar-refractivity contribution in [3.05, 3.63) is 124 Å². The van der Waals surface area contributed by atoms with Crippen molar-refractivity contribution >= 4 is 50.1 Å². The summed E-state index contributed by atoms with van der Waals surface area (Å²) in [5.41, 5.74) is 12.0. The first kappa shape index (κ1) is 57.6. The third-order valence-corrected chi connectivity index (χ3v) is 15.3. The van der Waals surface area contributed by atoms with Gasteiger partial charge >= 0.3 is 0 Å². The molecule has 1 fully saturated rings. The molecular formula is C61H76FN7O9S. The number of halogens is 1. The summed E-state index contributed by atoms with van der Waals surface area (Å²) in [4.78, 5) is 21.2. The van der Waals surface area contributed by atoms with Gasteiger partial charge in [0.15, 0.2) is 11.6 Å². The highest BCUT2D eigenvalue weighted by molar-refractivity contribution is 7.13. The lowest BCUT2D eigenvalue weighted by Crippen LogP contribution is -2.38. The first-order chi connectivity index (χ1) is 38.7. The number of nitrogens with zero attached hydrogens (tertiary/aromatic N) is 5. The highest BCUT2D eigenvalue weighted by Crippen LogP contribution is 2.35. The molecule has 0 saturated carbocycles. The molecule has 79 heavy (non-hydrogen) atoms. The van der Waals surface area contributed by atoms with Gasteiger partial charge in [-0.3, -0.25) is 9.69 Å². The van der Waals surface area contributed by atoms with Crippen LogP contribution in [0.3, 0.4) is 0 Å². The van der Waals surface area contributed by atoms with Crippen LogP contribution in [0.2, 0.25) is 0 Å². The molecule has 0 unspecified atom stereocenters. The highest BCUT2D eigenvalue weighted by atomic mass is 32.1. The summed E-state index contributed by atoms with van der Waals surface area (Å²) in [5.74, 6) is 1.24. The van der Waals surface area contributed by atoms with Gasteiger partial charge in [-0.1, -0.05) is 35.5 Å². The van der Waals surface area contributed by atoms with E-state index in [0.717, 1.165) is 104 Å². The van der Waals surface area contributed by atoms with Crippen LogP contribution >= 0.6 is 11.3 Å². The van der Waals surface area contributed by atoms with Crippen molar-refractivity contribution in [2.24, 2.45) is 0 Å². The van der Waals surface area contributed by atoms with E-state index in [9.17, 15) is 4.79 Å². The number of hydrogen-bond donors (Lipinski definition) is 2. The number of aromatic nitrogens is 4. The second-order valence-corrected chi connectivity index (χ2v) is 20.7. The van der Waals surface area contributed by atoms with E-state index < -0.39 is 5.82 Å². The lowest BCUT2D eigenvalue weighted by atomic mass is 10.0. The van der Waals surface area contributed by atoms with Crippen LogP contribution in [0.25, 0.3) is 54.4 Å². The van der Waals surface area contributed by atoms with Gasteiger partial charge in [-0.2, -0.15) is 0 Å². The number of aryl methyl sites for hydroxylation is 6. The van der Waals surface area contributed by atoms with Crippen molar-refractivity contribution in [2.75, 3.05) is 119 Å². The number of amides is 1. The highest BCUT2D eigenvalue weighted by Gasteiger charge is 2.19. The average molecular weight is 1100 g/mol. The Hall–Kier alpha value is -6.06. The van der Waals surface area contributed by atoms with Gasteiger partial charge in [-0.25, -0.2) is 9.37 Å². The van der Waals surface area contributed by atoms with E-state index in [0.29, 0.717) is 72.3 Å². The predicted molar refractivity (Wildman–Crippen MR) is 308 cm³/mol. The average Bonchev–Trinajstić information content (AvgIpc) is 4.43. The number of rotatable bonds is 33. The van der Waals surface area contributed by atoms with Crippen molar-refractivity contribution < 1.29 is 46.9 Å². The topological polar surface area (TPSA) is 158 Å². The van der Waals surface area contributed by atoms with Crippen LogP contribution in [0, 0.1) is 26.6 Å². The zero-order valence-electron chi connectivity index (χ0n) is 46.2. The second-order valence-electron chi connectivity index (χ2n) is 19.8. The Morgan fingerprint density at radius 3 is 2.13 bits per heavy atom. The summed E-state index contributed by atoms with van der Waals surface area (Å²) in [7, 11) is 0. The fraction of sp³-hybridized carbons (Fsp3) is 0.459. The van der Waals surface area contributed by atoms with E-state index in [1.165, 1.54) is 49.4 Å². The Morgan fingerprint density at radius 2 is 1.42 bits per heavy atom. The number of thiophene rings is 1. The lowest BCUT2D eigenvalue weighted by Gasteiger charge is -2.27. The molecule has 1 aliphatic heterocycles. The summed E-state index contributed by atoms with van der Waals surface area (Å²) < 4.78 is 64.8. The number of benzene rings is 4. The fourth-order valence-electron chi connectivity index (χ4n) is 10.1. The fourth-order valence-corrected chi connectivity index (χ4v) is 11.0. The van der Waals surface area contributed by atoms with Crippen LogP contribution in [-0.4, -0.2) is 149 Å². The molecule has 4 aromatic heterocycles. The molecule has 2 N–H and O–H groups in total. The van der Waals surface area contributed by atoms with E-state index in [2.05, 4.69) is 110 Å². The van der Waals surface area contributed by atoms with Gasteiger partial charge in [-0.15, -0.1) is 11.3 Å². The van der Waals surface area contributed by atoms with Crippen molar-refractivity contribution in [3.63, 3.8) is 0 Å². The first-order valence-corrected chi connectivity index (χ1v) is 28.7. The molecule has 16 nitrogen and oxygen atoms in total. The van der Waals surface area contributed by atoms with E-state index in [-0.39, 0.29) is 37.8 Å². The molecule has 0 spiro atoms. The molecule has 8 aromatic rings. The zero-order valence-corrected chi connectivity index (χ0v) is 47.1. The summed E-state index contributed by atoms with van der Waals surface area (Å²) in [6, 6.07) is 27.3. The summed E-state index contributed by atoms with van der Waals surface area (Å²) in [6.07, 6.45) is 1.43. The van der Waals surface area contributed by atoms with Gasteiger partial charge in [0.05, 0.1) is 103 Å². The Labute approximate surface area is 466 Å². The van der Waals surface area contributed by atoms with Gasteiger partial charge in [0.2, 0.25) is 5.91 Å². The SMILES string of the molecule is CCn1c2ccc(CNCCOCCOCCOCCOCCOCCC(=O)NCCOc3ccc(CCc4nc5cc(-c6c(C)noc6C)ccc5n4CCN4CCOCC4)cc3F)cc2c2ccc(-c3cc(C)cs3)cc21. The number of nitrogens with one attached hydrogen (secondary N) is 2. The zero-order chi connectivity index (χ0) is 54.8. The van der Waals surface area contributed by atoms with Crippen LogP contribution in [0.5, 0.6) is 5.75 Å². The van der Waals surface area contributed by atoms with E-state index in [4.69, 9.17) is 42.7 Å². The molecule has 0 bridgehead atoms. The molecule has 18 heteroatoms. The molecule has 0 aliphatic carbocycles. The Bertz CT molecular complexity index is 3200. The molecule has 9 rings (SSSR count). The minimum Gasteiger partial charge on any atom is -0.489 e. The summed E-state index contributed by atoms with van der Waals surface area (Å²) >= 11 is 1.80. The maximum Gasteiger partial charge on any atom is 0.222 e. The minimum absolute atomic E-state index is 0.130. The van der Waals surface area contributed by atoms with E-state index >= 15 is 4.39 Å². The van der Waals surface area contributed by atoms with Crippen molar-refractivity contribution in [1.29, 1.82) is 0 Å². The van der Waals surface area contributed by atoms with Crippen LogP contribution < -0.4 is 15.4 Å². The first-order valence-electron chi connectivity index (χ1n) is 27.8. The molecule has 4 aromatic carbocycles. The third kappa shape index (κ3) is 15.9. The standard InChI is InChI=1S/C61H76FN7O9S/c1-5-68-54-12-6-47(37-51(54)50-11-9-48(40-56(50)68)58-36-43(2)42-79-58)41-63-17-24-72-29-31-75-33-35-76-34-32-74-30-28-71-23-16-60(70)64-18-25-77-57-14-7-46(38-52(57)62)8-15-59-65-53-39-49(61-44(3)66-78-45(61)4)10-13-55(53)69(59)20-19-67-21-26-73-27-22-67/h6-7,9-14,36-40,42,63H,5,8,15-35,41H2,1-4H3,(H,64,70). The van der Waals surface area contributed by atoms with Gasteiger partial charge < -0.3 is 57.4 Å². The van der Waals surface area contributed by atoms with Crippen molar-refractivity contribution in [2.45, 2.75) is 66.6 Å². The van der Waals surface area contributed by atoms with E-state index in [1.54, 1.807) is 17.4 Å². The van der Waals surface area contributed by atoms with Crippen LogP contribution in [0.1, 0.15) is 47.3 Å². The molecule has 0 radical (unpaired) electrons. The third-order valence-electron chi connectivity index (χ3n) is 14.2. The number of morpholine rings is 1. The Balaban J connectivity index is 0.565. The maximum absolute atomic E-state index is 15.2. The number of hydrogen-bond acceptors (Lipinski definition) is 14. The molecule has 1 saturated heterocycles. The minimum atomic E-state index is -0.445. The maximum atomic E-state index is 15.2. The van der Waals surface area contributed by atoms with Crippen LogP contribution in [0.4, 0.5) is 4.39 Å². The molecule has 0 atom stereocenters. The summed E-state index contributed by atoms with van der Waals surface area (Å²) in [5, 5.41) is 15.2. The Morgan fingerprint density at radius 1 is 0.696 bits per heavy atom. The molecule has 422 valence electrons. The largest absolute Gasteiger partial charge is 0.489 e. The quantitative estimate of drug-likeness (QED) is 0.0376. The second kappa shape index (κ2) is 29.4. The van der Waals surface area contributed by atoms with Crippen LogP contribution in [0.15, 0.2) is 88.8 Å². The Kier molecular flexibility index (Phi) is 21.5. The van der Waals surface area contributed by atoms with Gasteiger partial charge in [0.25, 0.3) is 0 Å². The number of carbonyl (C=O) groups is 1. The normalized spacial score (nSPS) is 13.2. The number of fused-ring (bicyclic) bond motifs is 4. The van der Waals surface area contributed by atoms with Crippen molar-refractivity contribution in [3.8, 4) is 27.3 Å². The number of imidazole rings is 1. The van der Waals surface area contributed by atoms with E-state index in [1.807, 2.05) is 19.9 Å². The molecule has 5 heterocycles. The van der Waals surface area contributed by atoms with Crippen LogP contribution in [-0.2, 0) is 65.7 Å². The number of carbonyl (C=O) groups excluding carboxylic acids is 1. The van der Waals surface area contributed by atoms with Crippen molar-refractivity contribution in [1.82, 2.24) is 34.8 Å². The number of ether oxygens (including phenoxy) is 7. The van der Waals surface area contributed by atoms with Gasteiger partial charge in [0.1, 0.15) is 18.2 Å². The smallest absolute Gasteiger partial charge is 0.222 e. The molecule has 1 aliphatic rings. The lowest BCUT2D eigenvalue weighted by molar-refractivity contribution is -0.122. The summed E-state index contributed by atoms with van der Waals surface area (Å²) in [6.45, 7) is 20.5.